The first kappa shape index (κ1) is 22.6. The lowest BCUT2D eigenvalue weighted by atomic mass is 9.66. The third-order valence-electron chi connectivity index (χ3n) is 9.00. The van der Waals surface area contributed by atoms with Crippen LogP contribution in [0.2, 0.25) is 0 Å². The van der Waals surface area contributed by atoms with Crippen LogP contribution in [0, 0.1) is 29.6 Å². The minimum Gasteiger partial charge on any atom is -0.426 e. The van der Waals surface area contributed by atoms with Crippen LogP contribution in [-0.4, -0.2) is 5.97 Å². The van der Waals surface area contributed by atoms with E-state index in [2.05, 4.69) is 44.7 Å². The molecule has 31 heavy (non-hydrogen) atoms. The lowest BCUT2D eigenvalue weighted by molar-refractivity contribution is -0.140. The number of hydrogen-bond acceptors (Lipinski definition) is 2. The normalized spacial score (nSPS) is 32.1. The molecule has 0 aromatic heterocycles. The van der Waals surface area contributed by atoms with E-state index in [0.29, 0.717) is 5.92 Å². The first-order chi connectivity index (χ1) is 15.1. The zero-order valence-corrected chi connectivity index (χ0v) is 19.8. The smallest absolute Gasteiger partial charge is 0.314 e. The number of allylic oxidation sites excluding steroid dienone is 1. The molecule has 2 unspecified atom stereocenters. The minimum atomic E-state index is -0.0381. The fraction of sp³-hybridized carbons (Fsp3) is 0.690. The summed E-state index contributed by atoms with van der Waals surface area (Å²) in [7, 11) is 0. The van der Waals surface area contributed by atoms with Crippen LogP contribution in [0.15, 0.2) is 30.9 Å². The second kappa shape index (κ2) is 10.4. The van der Waals surface area contributed by atoms with Crippen LogP contribution in [0.25, 0.3) is 0 Å². The van der Waals surface area contributed by atoms with Crippen LogP contribution in [0.4, 0.5) is 0 Å². The van der Waals surface area contributed by atoms with Gasteiger partial charge in [-0.1, -0.05) is 44.9 Å². The van der Waals surface area contributed by atoms with Crippen molar-refractivity contribution in [2.24, 2.45) is 29.6 Å². The highest BCUT2D eigenvalue weighted by Gasteiger charge is 2.33. The highest BCUT2D eigenvalue weighted by molar-refractivity contribution is 5.78. The van der Waals surface area contributed by atoms with E-state index in [9.17, 15) is 4.79 Å². The van der Waals surface area contributed by atoms with Gasteiger partial charge >= 0.3 is 5.97 Å². The summed E-state index contributed by atoms with van der Waals surface area (Å²) < 4.78 is 5.69. The summed E-state index contributed by atoms with van der Waals surface area (Å²) in [5.74, 6) is 5.11. The Kier molecular flexibility index (Phi) is 7.56. The molecule has 2 nitrogen and oxygen atoms in total. The first-order valence-electron chi connectivity index (χ1n) is 13.0. The van der Waals surface area contributed by atoms with Crippen molar-refractivity contribution in [1.82, 2.24) is 0 Å². The lowest BCUT2D eigenvalue weighted by Gasteiger charge is -2.39. The van der Waals surface area contributed by atoms with Crippen LogP contribution in [0.1, 0.15) is 102 Å². The maximum absolute atomic E-state index is 12.2. The second-order valence-electron chi connectivity index (χ2n) is 10.7. The molecular weight excluding hydrogens is 380 g/mol. The van der Waals surface area contributed by atoms with Crippen LogP contribution in [-0.2, 0) is 11.2 Å². The topological polar surface area (TPSA) is 26.3 Å². The van der Waals surface area contributed by atoms with Crippen molar-refractivity contribution in [1.29, 1.82) is 0 Å². The summed E-state index contributed by atoms with van der Waals surface area (Å²) >= 11 is 0. The van der Waals surface area contributed by atoms with E-state index in [1.165, 1.54) is 75.3 Å². The summed E-state index contributed by atoms with van der Waals surface area (Å²) in [6, 6.07) is 6.71. The molecule has 1 aromatic rings. The Bertz CT molecular complexity index is 750. The molecule has 2 aliphatic carbocycles. The molecule has 1 aromatic carbocycles. The van der Waals surface area contributed by atoms with Crippen molar-refractivity contribution in [3.8, 4) is 5.75 Å². The zero-order chi connectivity index (χ0) is 21.8. The number of carbonyl (C=O) groups is 1. The summed E-state index contributed by atoms with van der Waals surface area (Å²) in [6.07, 6.45) is 17.4. The molecule has 2 saturated carbocycles. The molecule has 2 atom stereocenters. The third kappa shape index (κ3) is 5.26. The minimum absolute atomic E-state index is 0.0346. The molecule has 0 saturated heterocycles. The third-order valence-corrected chi connectivity index (χ3v) is 9.00. The van der Waals surface area contributed by atoms with Crippen molar-refractivity contribution >= 4 is 5.97 Å². The van der Waals surface area contributed by atoms with Gasteiger partial charge in [-0.2, -0.15) is 0 Å². The Hall–Kier alpha value is -1.57. The van der Waals surface area contributed by atoms with Crippen molar-refractivity contribution in [2.45, 2.75) is 96.8 Å². The molecule has 3 aliphatic rings. The second-order valence-corrected chi connectivity index (χ2v) is 10.7. The number of benzene rings is 1. The molecule has 0 bridgehead atoms. The molecule has 1 heterocycles. The van der Waals surface area contributed by atoms with Gasteiger partial charge in [0.2, 0.25) is 0 Å². The van der Waals surface area contributed by atoms with Gasteiger partial charge in [-0.25, -0.2) is 0 Å². The first-order valence-corrected chi connectivity index (χ1v) is 13.0. The average molecular weight is 423 g/mol. The van der Waals surface area contributed by atoms with Gasteiger partial charge in [-0.15, -0.1) is 6.58 Å². The highest BCUT2D eigenvalue weighted by atomic mass is 16.5. The molecule has 0 radical (unpaired) electrons. The van der Waals surface area contributed by atoms with E-state index >= 15 is 0 Å². The molecule has 170 valence electrons. The average Bonchev–Trinajstić information content (AvgIpc) is 2.82. The van der Waals surface area contributed by atoms with E-state index < -0.39 is 0 Å². The van der Waals surface area contributed by atoms with Gasteiger partial charge in [-0.3, -0.25) is 4.79 Å². The number of esters is 1. The summed E-state index contributed by atoms with van der Waals surface area (Å²) in [5, 5.41) is 0. The van der Waals surface area contributed by atoms with E-state index in [0.717, 1.165) is 42.3 Å². The quantitative estimate of drug-likeness (QED) is 0.254. The molecule has 0 N–H and O–H groups in total. The Balaban J connectivity index is 1.29. The van der Waals surface area contributed by atoms with Gasteiger partial charge in [0.25, 0.3) is 0 Å². The van der Waals surface area contributed by atoms with Gasteiger partial charge in [0.05, 0.1) is 5.92 Å². The molecular formula is C29H42O2. The van der Waals surface area contributed by atoms with Crippen LogP contribution >= 0.6 is 0 Å². The lowest BCUT2D eigenvalue weighted by Crippen LogP contribution is -2.28. The summed E-state index contributed by atoms with van der Waals surface area (Å²) in [5.41, 5.74) is 2.59. The van der Waals surface area contributed by atoms with Crippen molar-refractivity contribution in [3.05, 3.63) is 42.0 Å². The Morgan fingerprint density at radius 3 is 2.39 bits per heavy atom. The van der Waals surface area contributed by atoms with Gasteiger partial charge in [0, 0.05) is 0 Å². The predicted octanol–water partition coefficient (Wildman–Crippen LogP) is 7.86. The van der Waals surface area contributed by atoms with Gasteiger partial charge in [0.1, 0.15) is 5.75 Å². The molecule has 2 fully saturated rings. The maximum atomic E-state index is 12.2. The molecule has 1 aliphatic heterocycles. The largest absolute Gasteiger partial charge is 0.426 e. The van der Waals surface area contributed by atoms with Crippen molar-refractivity contribution in [2.75, 3.05) is 0 Å². The number of ether oxygens (including phenoxy) is 1. The number of fused-ring (bicyclic) bond motifs is 1. The van der Waals surface area contributed by atoms with Crippen LogP contribution < -0.4 is 4.74 Å². The number of rotatable bonds is 7. The standard InChI is InChI=1S/C29H42O2/c1-4-6-7-21-8-10-23(11-9-21)20(3)24-12-14-25(15-13-24)26-16-17-27-18-22(5-2)29(30)31-28(27)19-26/h4,16-17,19-25H,1,5-15,18H2,2-3H3. The Labute approximate surface area is 189 Å². The van der Waals surface area contributed by atoms with E-state index in [1.54, 1.807) is 0 Å². The molecule has 4 rings (SSSR count). The number of carbonyl (C=O) groups excluding carboxylic acids is 1. The van der Waals surface area contributed by atoms with Crippen LogP contribution in [0.5, 0.6) is 5.75 Å². The van der Waals surface area contributed by atoms with E-state index in [4.69, 9.17) is 4.74 Å². The van der Waals surface area contributed by atoms with Gasteiger partial charge in [-0.05, 0) is 111 Å². The van der Waals surface area contributed by atoms with Gasteiger partial charge < -0.3 is 4.74 Å². The Morgan fingerprint density at radius 2 is 1.74 bits per heavy atom. The monoisotopic (exact) mass is 422 g/mol. The molecule has 0 amide bonds. The summed E-state index contributed by atoms with van der Waals surface area (Å²) in [4.78, 5) is 12.2. The van der Waals surface area contributed by atoms with Crippen LogP contribution in [0.3, 0.4) is 0 Å². The fourth-order valence-electron chi connectivity index (χ4n) is 6.66. The maximum Gasteiger partial charge on any atom is 0.314 e. The predicted molar refractivity (Wildman–Crippen MR) is 128 cm³/mol. The Morgan fingerprint density at radius 1 is 1.06 bits per heavy atom. The zero-order valence-electron chi connectivity index (χ0n) is 19.8. The molecule has 2 heteroatoms. The van der Waals surface area contributed by atoms with E-state index in [1.807, 2.05) is 0 Å². The van der Waals surface area contributed by atoms with Crippen molar-refractivity contribution in [3.63, 3.8) is 0 Å². The van der Waals surface area contributed by atoms with E-state index in [-0.39, 0.29) is 11.9 Å². The summed E-state index contributed by atoms with van der Waals surface area (Å²) in [6.45, 7) is 8.50. The highest BCUT2D eigenvalue weighted by Crippen LogP contribution is 2.45. The molecule has 0 spiro atoms. The number of hydrogen-bond donors (Lipinski definition) is 0. The van der Waals surface area contributed by atoms with Crippen molar-refractivity contribution < 1.29 is 9.53 Å². The fourth-order valence-corrected chi connectivity index (χ4v) is 6.66. The SMILES string of the molecule is C=CCCC1CCC(C(C)C2CCC(c3ccc4c(c3)OC(=O)C(CC)C4)CC2)CC1. The van der Waals surface area contributed by atoms with Gasteiger partial charge in [0.15, 0.2) is 0 Å².